The van der Waals surface area contributed by atoms with Gasteiger partial charge in [-0.05, 0) is 6.92 Å². The highest BCUT2D eigenvalue weighted by Crippen LogP contribution is 2.23. The van der Waals surface area contributed by atoms with Gasteiger partial charge < -0.3 is 9.84 Å². The van der Waals surface area contributed by atoms with Crippen molar-refractivity contribution in [2.75, 3.05) is 25.4 Å². The Kier molecular flexibility index (Phi) is 4.23. The van der Waals surface area contributed by atoms with Gasteiger partial charge in [-0.15, -0.1) is 5.10 Å². The van der Waals surface area contributed by atoms with Crippen molar-refractivity contribution in [1.29, 1.82) is 0 Å². The molecule has 0 radical (unpaired) electrons. The molecule has 11 heteroatoms. The van der Waals surface area contributed by atoms with E-state index >= 15 is 0 Å². The van der Waals surface area contributed by atoms with Crippen molar-refractivity contribution >= 4 is 22.0 Å². The third kappa shape index (κ3) is 3.36. The minimum Gasteiger partial charge on any atom is -0.476 e. The highest BCUT2D eigenvalue weighted by molar-refractivity contribution is 7.89. The minimum atomic E-state index is -3.71. The average Bonchev–Trinajstić information content (AvgIpc) is 2.75. The summed E-state index contributed by atoms with van der Waals surface area (Å²) in [4.78, 5) is 21.9. The maximum absolute atomic E-state index is 11.9. The summed E-state index contributed by atoms with van der Waals surface area (Å²) in [6.45, 7) is 1.94. The standard InChI is InChI=1S/C10H14N4O6S/c1-2-20-9(15)6-21(18,19)13-3-7(4-13)14-5-8(10(16)17)11-12-14/h5,7H,2-4,6H2,1H3,(H,16,17). The van der Waals surface area contributed by atoms with Crippen LogP contribution >= 0.6 is 0 Å². The number of hydrogen-bond donors (Lipinski definition) is 1. The number of carbonyl (C=O) groups is 2. The summed E-state index contributed by atoms with van der Waals surface area (Å²) in [6.07, 6.45) is 1.24. The Morgan fingerprint density at radius 2 is 2.14 bits per heavy atom. The first-order chi connectivity index (χ1) is 9.83. The zero-order chi connectivity index (χ0) is 15.6. The molecule has 1 aliphatic rings. The van der Waals surface area contributed by atoms with Crippen LogP contribution in [0.3, 0.4) is 0 Å². The van der Waals surface area contributed by atoms with Crippen molar-refractivity contribution in [2.24, 2.45) is 0 Å². The number of hydrogen-bond acceptors (Lipinski definition) is 7. The molecule has 0 saturated carbocycles. The Morgan fingerprint density at radius 3 is 2.67 bits per heavy atom. The number of esters is 1. The molecule has 0 amide bonds. The molecule has 10 nitrogen and oxygen atoms in total. The smallest absolute Gasteiger partial charge is 0.358 e. The van der Waals surface area contributed by atoms with Crippen LogP contribution in [0.1, 0.15) is 23.5 Å². The zero-order valence-corrected chi connectivity index (χ0v) is 12.0. The van der Waals surface area contributed by atoms with E-state index in [-0.39, 0.29) is 31.4 Å². The Bertz CT molecular complexity index is 648. The van der Waals surface area contributed by atoms with E-state index in [1.165, 1.54) is 10.9 Å². The Balaban J connectivity index is 1.93. The molecular formula is C10H14N4O6S. The molecule has 2 heterocycles. The van der Waals surface area contributed by atoms with Gasteiger partial charge in [0.25, 0.3) is 0 Å². The topological polar surface area (TPSA) is 132 Å². The van der Waals surface area contributed by atoms with Crippen molar-refractivity contribution in [3.63, 3.8) is 0 Å². The van der Waals surface area contributed by atoms with Gasteiger partial charge in [0.05, 0.1) is 18.8 Å². The predicted molar refractivity (Wildman–Crippen MR) is 68.0 cm³/mol. The van der Waals surface area contributed by atoms with E-state index < -0.39 is 27.7 Å². The molecular weight excluding hydrogens is 304 g/mol. The van der Waals surface area contributed by atoms with Gasteiger partial charge in [0.1, 0.15) is 0 Å². The molecule has 0 aromatic carbocycles. The lowest BCUT2D eigenvalue weighted by Gasteiger charge is -2.37. The second-order valence-corrected chi connectivity index (χ2v) is 6.39. The molecule has 0 unspecified atom stereocenters. The van der Waals surface area contributed by atoms with Gasteiger partial charge in [-0.1, -0.05) is 5.21 Å². The van der Waals surface area contributed by atoms with Gasteiger partial charge in [0.15, 0.2) is 11.4 Å². The summed E-state index contributed by atoms with van der Waals surface area (Å²) in [5.74, 6) is -2.70. The molecule has 1 fully saturated rings. The molecule has 21 heavy (non-hydrogen) atoms. The third-order valence-electron chi connectivity index (χ3n) is 2.93. The number of carboxylic acids is 1. The van der Waals surface area contributed by atoms with Crippen LogP contribution in [-0.4, -0.2) is 70.2 Å². The molecule has 0 bridgehead atoms. The highest BCUT2D eigenvalue weighted by atomic mass is 32.2. The first-order valence-electron chi connectivity index (χ1n) is 6.12. The lowest BCUT2D eigenvalue weighted by Crippen LogP contribution is -2.52. The Hall–Kier alpha value is -2.01. The summed E-state index contributed by atoms with van der Waals surface area (Å²) < 4.78 is 30.8. The van der Waals surface area contributed by atoms with Crippen molar-refractivity contribution in [3.8, 4) is 0 Å². The summed E-state index contributed by atoms with van der Waals surface area (Å²) in [6, 6.07) is -0.289. The van der Waals surface area contributed by atoms with Crippen LogP contribution in [0.4, 0.5) is 0 Å². The zero-order valence-electron chi connectivity index (χ0n) is 11.2. The van der Waals surface area contributed by atoms with Crippen LogP contribution < -0.4 is 0 Å². The fourth-order valence-corrected chi connectivity index (χ4v) is 3.17. The van der Waals surface area contributed by atoms with E-state index in [2.05, 4.69) is 15.0 Å². The monoisotopic (exact) mass is 318 g/mol. The summed E-state index contributed by atoms with van der Waals surface area (Å²) in [5, 5.41) is 15.8. The fraction of sp³-hybridized carbons (Fsp3) is 0.600. The van der Waals surface area contributed by atoms with Gasteiger partial charge in [-0.2, -0.15) is 4.31 Å². The maximum atomic E-state index is 11.9. The van der Waals surface area contributed by atoms with Crippen LogP contribution in [0, 0.1) is 0 Å². The molecule has 0 spiro atoms. The van der Waals surface area contributed by atoms with E-state index in [0.29, 0.717) is 0 Å². The summed E-state index contributed by atoms with van der Waals surface area (Å²) >= 11 is 0. The molecule has 2 rings (SSSR count). The number of carbonyl (C=O) groups excluding carboxylic acids is 1. The molecule has 0 aliphatic carbocycles. The van der Waals surface area contributed by atoms with Gasteiger partial charge in [-0.3, -0.25) is 4.79 Å². The van der Waals surface area contributed by atoms with Crippen molar-refractivity contribution in [1.82, 2.24) is 19.3 Å². The van der Waals surface area contributed by atoms with E-state index in [1.54, 1.807) is 6.92 Å². The minimum absolute atomic E-state index is 0.115. The number of nitrogens with zero attached hydrogens (tertiary/aromatic N) is 4. The van der Waals surface area contributed by atoms with E-state index in [1.807, 2.05) is 0 Å². The van der Waals surface area contributed by atoms with Crippen LogP contribution in [0.15, 0.2) is 6.20 Å². The van der Waals surface area contributed by atoms with E-state index in [9.17, 15) is 18.0 Å². The Labute approximate surface area is 120 Å². The normalized spacial score (nSPS) is 16.4. The second-order valence-electron chi connectivity index (χ2n) is 4.42. The van der Waals surface area contributed by atoms with Crippen molar-refractivity contribution in [2.45, 2.75) is 13.0 Å². The number of sulfonamides is 1. The number of ether oxygens (including phenoxy) is 1. The SMILES string of the molecule is CCOC(=O)CS(=O)(=O)N1CC(n2cc(C(=O)O)nn2)C1. The summed E-state index contributed by atoms with van der Waals surface area (Å²) in [5.41, 5.74) is -0.206. The maximum Gasteiger partial charge on any atom is 0.358 e. The Morgan fingerprint density at radius 1 is 1.48 bits per heavy atom. The first-order valence-corrected chi connectivity index (χ1v) is 7.73. The second kappa shape index (κ2) is 5.77. The molecule has 0 atom stereocenters. The molecule has 1 saturated heterocycles. The van der Waals surface area contributed by atoms with Gasteiger partial charge in [0.2, 0.25) is 10.0 Å². The number of aromatic nitrogens is 3. The van der Waals surface area contributed by atoms with Gasteiger partial charge in [0, 0.05) is 13.1 Å². The number of carboxylic acid groups (broad SMARTS) is 1. The van der Waals surface area contributed by atoms with Crippen LogP contribution in [0.2, 0.25) is 0 Å². The van der Waals surface area contributed by atoms with E-state index in [0.717, 1.165) is 4.31 Å². The lowest BCUT2D eigenvalue weighted by molar-refractivity contribution is -0.140. The van der Waals surface area contributed by atoms with Crippen LogP contribution in [0.5, 0.6) is 0 Å². The molecule has 1 aromatic heterocycles. The lowest BCUT2D eigenvalue weighted by atomic mass is 10.2. The molecule has 1 N–H and O–H groups in total. The summed E-state index contributed by atoms with van der Waals surface area (Å²) in [7, 11) is -3.71. The number of aromatic carboxylic acids is 1. The van der Waals surface area contributed by atoms with Crippen LogP contribution in [0.25, 0.3) is 0 Å². The third-order valence-corrected chi connectivity index (χ3v) is 4.62. The molecule has 1 aromatic rings. The van der Waals surface area contributed by atoms with Gasteiger partial charge in [-0.25, -0.2) is 17.9 Å². The number of rotatable bonds is 6. The van der Waals surface area contributed by atoms with E-state index in [4.69, 9.17) is 5.11 Å². The van der Waals surface area contributed by atoms with Crippen LogP contribution in [-0.2, 0) is 19.6 Å². The first kappa shape index (κ1) is 15.4. The molecule has 1 aliphatic heterocycles. The average molecular weight is 318 g/mol. The quantitative estimate of drug-likeness (QED) is 0.642. The van der Waals surface area contributed by atoms with Gasteiger partial charge >= 0.3 is 11.9 Å². The largest absolute Gasteiger partial charge is 0.476 e. The van der Waals surface area contributed by atoms with Crippen molar-refractivity contribution in [3.05, 3.63) is 11.9 Å². The van der Waals surface area contributed by atoms with Crippen molar-refractivity contribution < 1.29 is 27.9 Å². The predicted octanol–water partition coefficient (Wildman–Crippen LogP) is -1.27. The fourth-order valence-electron chi connectivity index (χ4n) is 1.81. The molecule has 116 valence electrons. The highest BCUT2D eigenvalue weighted by Gasteiger charge is 2.38.